The second kappa shape index (κ2) is 5.89. The summed E-state index contributed by atoms with van der Waals surface area (Å²) < 4.78 is 7.28. The van der Waals surface area contributed by atoms with Crippen LogP contribution in [0.25, 0.3) is 0 Å². The number of aryl methyl sites for hydroxylation is 1. The van der Waals surface area contributed by atoms with E-state index in [0.29, 0.717) is 0 Å². The van der Waals surface area contributed by atoms with Crippen LogP contribution in [0.15, 0.2) is 12.5 Å². The first-order valence-electron chi connectivity index (χ1n) is 6.37. The molecular weight excluding hydrogens is 230 g/mol. The van der Waals surface area contributed by atoms with Gasteiger partial charge in [-0.3, -0.25) is 0 Å². The number of alkyl carbamates (subject to hydrolysis) is 1. The first-order valence-corrected chi connectivity index (χ1v) is 6.37. The molecule has 0 radical (unpaired) electrons. The van der Waals surface area contributed by atoms with Crippen LogP contribution in [0.1, 0.15) is 52.8 Å². The molecule has 0 aliphatic heterocycles. The van der Waals surface area contributed by atoms with Gasteiger partial charge in [0.05, 0.1) is 24.3 Å². The van der Waals surface area contributed by atoms with E-state index in [9.17, 15) is 4.79 Å². The molecule has 0 saturated carbocycles. The molecule has 0 saturated heterocycles. The number of amides is 1. The average Bonchev–Trinajstić information content (AvgIpc) is 2.71. The quantitative estimate of drug-likeness (QED) is 0.897. The van der Waals surface area contributed by atoms with Crippen molar-refractivity contribution in [3.63, 3.8) is 0 Å². The largest absolute Gasteiger partial charge is 0.444 e. The second-order valence-electron chi connectivity index (χ2n) is 5.21. The summed E-state index contributed by atoms with van der Waals surface area (Å²) in [6.45, 7) is 10.5. The van der Waals surface area contributed by atoms with Crippen LogP contribution in [0.3, 0.4) is 0 Å². The van der Waals surface area contributed by atoms with Crippen LogP contribution in [0, 0.1) is 0 Å². The molecule has 0 bridgehead atoms. The van der Waals surface area contributed by atoms with Crippen molar-refractivity contribution < 1.29 is 9.53 Å². The minimum atomic E-state index is -0.479. The fraction of sp³-hybridized carbons (Fsp3) is 0.692. The van der Waals surface area contributed by atoms with E-state index in [1.807, 2.05) is 39.2 Å². The van der Waals surface area contributed by atoms with Crippen molar-refractivity contribution in [3.8, 4) is 0 Å². The Morgan fingerprint density at radius 2 is 2.17 bits per heavy atom. The van der Waals surface area contributed by atoms with Gasteiger partial charge in [0.15, 0.2) is 0 Å². The van der Waals surface area contributed by atoms with Gasteiger partial charge in [-0.2, -0.15) is 0 Å². The van der Waals surface area contributed by atoms with E-state index in [-0.39, 0.29) is 6.04 Å². The standard InChI is InChI=1S/C13H23N3O2/c1-6-10(11-8-14-9-16(11)7-2)15-12(17)18-13(3,4)5/h8-10H,6-7H2,1-5H3,(H,15,17)/t10-/m1/s1. The van der Waals surface area contributed by atoms with E-state index in [2.05, 4.69) is 10.3 Å². The van der Waals surface area contributed by atoms with E-state index in [4.69, 9.17) is 4.74 Å². The third-order valence-corrected chi connectivity index (χ3v) is 2.54. The molecule has 1 aromatic rings. The van der Waals surface area contributed by atoms with Crippen LogP contribution in [0.4, 0.5) is 4.79 Å². The molecule has 0 aliphatic rings. The van der Waals surface area contributed by atoms with Crippen molar-refractivity contribution in [2.24, 2.45) is 0 Å². The number of imidazole rings is 1. The van der Waals surface area contributed by atoms with Crippen molar-refractivity contribution in [1.82, 2.24) is 14.9 Å². The first-order chi connectivity index (χ1) is 8.37. The SMILES string of the molecule is CC[C@@H](NC(=O)OC(C)(C)C)c1cncn1CC. The van der Waals surface area contributed by atoms with Crippen LogP contribution < -0.4 is 5.32 Å². The maximum absolute atomic E-state index is 11.8. The van der Waals surface area contributed by atoms with Crippen LogP contribution in [-0.4, -0.2) is 21.2 Å². The normalized spacial score (nSPS) is 13.2. The molecule has 5 nitrogen and oxygen atoms in total. The van der Waals surface area contributed by atoms with Crippen LogP contribution in [-0.2, 0) is 11.3 Å². The highest BCUT2D eigenvalue weighted by Crippen LogP contribution is 2.17. The third kappa shape index (κ3) is 4.05. The number of ether oxygens (including phenoxy) is 1. The summed E-state index contributed by atoms with van der Waals surface area (Å²) in [5.74, 6) is 0. The van der Waals surface area contributed by atoms with E-state index in [1.54, 1.807) is 12.5 Å². The minimum Gasteiger partial charge on any atom is -0.444 e. The zero-order valence-electron chi connectivity index (χ0n) is 11.9. The van der Waals surface area contributed by atoms with Gasteiger partial charge in [-0.05, 0) is 34.1 Å². The van der Waals surface area contributed by atoms with Gasteiger partial charge >= 0.3 is 6.09 Å². The molecule has 0 aliphatic carbocycles. The van der Waals surface area contributed by atoms with Crippen molar-refractivity contribution in [2.45, 2.75) is 59.2 Å². The second-order valence-corrected chi connectivity index (χ2v) is 5.21. The molecule has 1 N–H and O–H groups in total. The lowest BCUT2D eigenvalue weighted by molar-refractivity contribution is 0.0500. The number of hydrogen-bond acceptors (Lipinski definition) is 3. The van der Waals surface area contributed by atoms with E-state index in [1.165, 1.54) is 0 Å². The Morgan fingerprint density at radius 1 is 1.50 bits per heavy atom. The molecule has 0 spiro atoms. The monoisotopic (exact) mass is 253 g/mol. The topological polar surface area (TPSA) is 56.1 Å². The molecule has 18 heavy (non-hydrogen) atoms. The molecule has 0 aromatic carbocycles. The average molecular weight is 253 g/mol. The number of nitrogens with one attached hydrogen (secondary N) is 1. The number of carbonyl (C=O) groups excluding carboxylic acids is 1. The highest BCUT2D eigenvalue weighted by molar-refractivity contribution is 5.68. The molecular formula is C13H23N3O2. The third-order valence-electron chi connectivity index (χ3n) is 2.54. The number of nitrogens with zero attached hydrogens (tertiary/aromatic N) is 2. The highest BCUT2D eigenvalue weighted by Gasteiger charge is 2.21. The highest BCUT2D eigenvalue weighted by atomic mass is 16.6. The lowest BCUT2D eigenvalue weighted by Crippen LogP contribution is -2.35. The summed E-state index contributed by atoms with van der Waals surface area (Å²) in [7, 11) is 0. The minimum absolute atomic E-state index is 0.0673. The van der Waals surface area contributed by atoms with Gasteiger partial charge in [-0.1, -0.05) is 6.92 Å². The molecule has 0 fully saturated rings. The summed E-state index contributed by atoms with van der Waals surface area (Å²) in [6, 6.07) is -0.0673. The fourth-order valence-electron chi connectivity index (χ4n) is 1.72. The van der Waals surface area contributed by atoms with Crippen molar-refractivity contribution in [3.05, 3.63) is 18.2 Å². The Hall–Kier alpha value is -1.52. The predicted molar refractivity (Wildman–Crippen MR) is 70.3 cm³/mol. The number of hydrogen-bond donors (Lipinski definition) is 1. The van der Waals surface area contributed by atoms with Crippen LogP contribution in [0.5, 0.6) is 0 Å². The maximum Gasteiger partial charge on any atom is 0.408 e. The molecule has 1 rings (SSSR count). The Labute approximate surface area is 109 Å². The number of carbonyl (C=O) groups is 1. The van der Waals surface area contributed by atoms with Gasteiger partial charge in [0.1, 0.15) is 5.60 Å². The smallest absolute Gasteiger partial charge is 0.408 e. The van der Waals surface area contributed by atoms with Gasteiger partial charge in [0.2, 0.25) is 0 Å². The molecule has 1 amide bonds. The van der Waals surface area contributed by atoms with Gasteiger partial charge in [-0.15, -0.1) is 0 Å². The Balaban J connectivity index is 2.71. The lowest BCUT2D eigenvalue weighted by atomic mass is 10.1. The summed E-state index contributed by atoms with van der Waals surface area (Å²) in [5.41, 5.74) is 0.527. The molecule has 5 heteroatoms. The fourth-order valence-corrected chi connectivity index (χ4v) is 1.72. The van der Waals surface area contributed by atoms with E-state index < -0.39 is 11.7 Å². The van der Waals surface area contributed by atoms with E-state index >= 15 is 0 Å². The maximum atomic E-state index is 11.8. The summed E-state index contributed by atoms with van der Waals surface area (Å²) in [5, 5.41) is 2.88. The first kappa shape index (κ1) is 14.5. The molecule has 1 atom stereocenters. The Bertz CT molecular complexity index is 393. The zero-order valence-corrected chi connectivity index (χ0v) is 11.9. The molecule has 0 unspecified atom stereocenters. The van der Waals surface area contributed by atoms with Crippen molar-refractivity contribution in [1.29, 1.82) is 0 Å². The van der Waals surface area contributed by atoms with E-state index in [0.717, 1.165) is 18.7 Å². The summed E-state index contributed by atoms with van der Waals surface area (Å²) >= 11 is 0. The Morgan fingerprint density at radius 3 is 2.67 bits per heavy atom. The summed E-state index contributed by atoms with van der Waals surface area (Å²) in [4.78, 5) is 15.9. The molecule has 1 aromatic heterocycles. The number of rotatable bonds is 4. The zero-order chi connectivity index (χ0) is 13.8. The van der Waals surface area contributed by atoms with Gasteiger partial charge in [0, 0.05) is 6.54 Å². The van der Waals surface area contributed by atoms with Crippen LogP contribution >= 0.6 is 0 Å². The van der Waals surface area contributed by atoms with Crippen molar-refractivity contribution in [2.75, 3.05) is 0 Å². The van der Waals surface area contributed by atoms with Gasteiger partial charge < -0.3 is 14.6 Å². The molecule has 1 heterocycles. The van der Waals surface area contributed by atoms with Crippen LogP contribution in [0.2, 0.25) is 0 Å². The number of aromatic nitrogens is 2. The Kier molecular flexibility index (Phi) is 4.76. The van der Waals surface area contributed by atoms with Gasteiger partial charge in [-0.25, -0.2) is 9.78 Å². The lowest BCUT2D eigenvalue weighted by Gasteiger charge is -2.23. The molecule has 102 valence electrons. The van der Waals surface area contributed by atoms with Crippen molar-refractivity contribution >= 4 is 6.09 Å². The van der Waals surface area contributed by atoms with Gasteiger partial charge in [0.25, 0.3) is 0 Å². The predicted octanol–water partition coefficient (Wildman–Crippen LogP) is 2.88. The summed E-state index contributed by atoms with van der Waals surface area (Å²) in [6.07, 6.45) is 3.97.